The summed E-state index contributed by atoms with van der Waals surface area (Å²) in [5, 5.41) is 2.87. The maximum atomic E-state index is 12.0. The first kappa shape index (κ1) is 17.2. The molecule has 112 valence electrons. The monoisotopic (exact) mass is 313 g/mol. The molecule has 3 nitrogen and oxygen atoms in total. The Morgan fingerprint density at radius 1 is 1.45 bits per heavy atom. The normalized spacial score (nSPS) is 13.8. The smallest absolute Gasteiger partial charge is 0.237 e. The first-order valence-corrected chi connectivity index (χ1v) is 9.62. The number of benzene rings is 1. The summed E-state index contributed by atoms with van der Waals surface area (Å²) in [4.78, 5) is 12.0. The highest BCUT2D eigenvalue weighted by Crippen LogP contribution is 2.17. The highest BCUT2D eigenvalue weighted by atomic mass is 32.2. The Balaban J connectivity index is 2.54. The van der Waals surface area contributed by atoms with E-state index in [1.165, 1.54) is 0 Å². The Morgan fingerprint density at radius 3 is 2.85 bits per heavy atom. The van der Waals surface area contributed by atoms with Gasteiger partial charge in [-0.1, -0.05) is 25.5 Å². The number of anilines is 1. The summed E-state index contributed by atoms with van der Waals surface area (Å²) in [5.41, 5.74) is 1.76. The quantitative estimate of drug-likeness (QED) is 0.748. The van der Waals surface area contributed by atoms with Crippen molar-refractivity contribution in [1.82, 2.24) is 0 Å². The van der Waals surface area contributed by atoms with Crippen LogP contribution < -0.4 is 5.32 Å². The predicted molar refractivity (Wildman–Crippen MR) is 89.7 cm³/mol. The number of hydrogen-bond donors (Lipinski definition) is 1. The third-order valence-corrected chi connectivity index (χ3v) is 4.78. The Kier molecular flexibility index (Phi) is 7.92. The molecule has 0 radical (unpaired) electrons. The van der Waals surface area contributed by atoms with Crippen molar-refractivity contribution in [2.75, 3.05) is 17.3 Å². The molecular weight excluding hydrogens is 290 g/mol. The molecule has 0 bridgehead atoms. The number of carbonyl (C=O) groups is 1. The molecule has 0 saturated carbocycles. The summed E-state index contributed by atoms with van der Waals surface area (Å²) in [5.74, 6) is 1.56. The first-order valence-electron chi connectivity index (χ1n) is 6.84. The molecule has 2 atom stereocenters. The molecule has 0 spiro atoms. The van der Waals surface area contributed by atoms with Gasteiger partial charge in [-0.2, -0.15) is 0 Å². The van der Waals surface area contributed by atoms with Crippen molar-refractivity contribution >= 4 is 34.2 Å². The van der Waals surface area contributed by atoms with E-state index in [4.69, 9.17) is 0 Å². The van der Waals surface area contributed by atoms with Gasteiger partial charge in [-0.15, -0.1) is 11.8 Å². The maximum absolute atomic E-state index is 12.0. The number of hydrogen-bond acceptors (Lipinski definition) is 3. The maximum Gasteiger partial charge on any atom is 0.237 e. The van der Waals surface area contributed by atoms with E-state index in [0.717, 1.165) is 29.8 Å². The molecule has 0 fully saturated rings. The highest BCUT2D eigenvalue weighted by Gasteiger charge is 2.13. The fourth-order valence-electron chi connectivity index (χ4n) is 1.70. The van der Waals surface area contributed by atoms with Crippen LogP contribution in [-0.4, -0.2) is 27.4 Å². The molecule has 0 aliphatic rings. The van der Waals surface area contributed by atoms with E-state index in [0.29, 0.717) is 5.75 Å². The van der Waals surface area contributed by atoms with Crippen LogP contribution in [0, 0.1) is 0 Å². The van der Waals surface area contributed by atoms with Gasteiger partial charge in [0.25, 0.3) is 0 Å². The standard InChI is InChI=1S/C15H23NO2S2/c1-4-5-9-19-12(2)15(17)16-14-8-6-7-13(10-14)11-20(3)18/h6-8,10,12H,4-5,9,11H2,1-3H3,(H,16,17)/t12-,20-/m1/s1. The summed E-state index contributed by atoms with van der Waals surface area (Å²) in [6, 6.07) is 7.56. The van der Waals surface area contributed by atoms with Crippen LogP contribution >= 0.6 is 11.8 Å². The summed E-state index contributed by atoms with van der Waals surface area (Å²) in [6.07, 6.45) is 3.97. The van der Waals surface area contributed by atoms with Crippen LogP contribution in [0.1, 0.15) is 32.3 Å². The lowest BCUT2D eigenvalue weighted by molar-refractivity contribution is -0.115. The Bertz CT molecular complexity index is 463. The van der Waals surface area contributed by atoms with Gasteiger partial charge in [0.15, 0.2) is 0 Å². The molecule has 20 heavy (non-hydrogen) atoms. The number of thioether (sulfide) groups is 1. The van der Waals surface area contributed by atoms with E-state index in [-0.39, 0.29) is 11.2 Å². The minimum Gasteiger partial charge on any atom is -0.325 e. The molecule has 0 aliphatic heterocycles. The molecule has 0 unspecified atom stereocenters. The average molecular weight is 313 g/mol. The van der Waals surface area contributed by atoms with E-state index in [9.17, 15) is 9.00 Å². The second-order valence-corrected chi connectivity index (χ2v) is 7.66. The van der Waals surface area contributed by atoms with Gasteiger partial charge < -0.3 is 5.32 Å². The van der Waals surface area contributed by atoms with Gasteiger partial charge in [-0.25, -0.2) is 0 Å². The van der Waals surface area contributed by atoms with Crippen molar-refractivity contribution in [1.29, 1.82) is 0 Å². The summed E-state index contributed by atoms with van der Waals surface area (Å²) in [6.45, 7) is 4.08. The van der Waals surface area contributed by atoms with Crippen LogP contribution in [0.2, 0.25) is 0 Å². The Labute approximate surface area is 128 Å². The van der Waals surface area contributed by atoms with E-state index >= 15 is 0 Å². The van der Waals surface area contributed by atoms with Gasteiger partial charge in [0, 0.05) is 28.5 Å². The average Bonchev–Trinajstić information content (AvgIpc) is 2.38. The van der Waals surface area contributed by atoms with Crippen molar-refractivity contribution in [2.45, 2.75) is 37.7 Å². The third kappa shape index (κ3) is 6.57. The molecule has 0 aliphatic carbocycles. The largest absolute Gasteiger partial charge is 0.325 e. The first-order chi connectivity index (χ1) is 9.52. The molecule has 1 aromatic carbocycles. The lowest BCUT2D eigenvalue weighted by Crippen LogP contribution is -2.22. The van der Waals surface area contributed by atoms with Gasteiger partial charge in [-0.3, -0.25) is 9.00 Å². The third-order valence-electron chi connectivity index (χ3n) is 2.80. The van der Waals surface area contributed by atoms with Crippen LogP contribution in [0.4, 0.5) is 5.69 Å². The van der Waals surface area contributed by atoms with Crippen molar-refractivity contribution < 1.29 is 9.00 Å². The second-order valence-electron chi connectivity index (χ2n) is 4.77. The predicted octanol–water partition coefficient (Wildman–Crippen LogP) is 3.43. The zero-order valence-corrected chi connectivity index (χ0v) is 14.0. The van der Waals surface area contributed by atoms with Gasteiger partial charge in [0.1, 0.15) is 0 Å². The number of unbranched alkanes of at least 4 members (excludes halogenated alkanes) is 1. The fraction of sp³-hybridized carbons (Fsp3) is 0.533. The lowest BCUT2D eigenvalue weighted by Gasteiger charge is -2.12. The molecule has 1 rings (SSSR count). The summed E-state index contributed by atoms with van der Waals surface area (Å²) in [7, 11) is -0.869. The molecule has 1 N–H and O–H groups in total. The van der Waals surface area contributed by atoms with Gasteiger partial charge in [0.05, 0.1) is 5.25 Å². The SMILES string of the molecule is CCCCS[C@H](C)C(=O)Nc1cccc(C[S@@](C)=O)c1. The molecule has 0 saturated heterocycles. The van der Waals surface area contributed by atoms with E-state index < -0.39 is 10.8 Å². The van der Waals surface area contributed by atoms with Crippen molar-refractivity contribution in [2.24, 2.45) is 0 Å². The van der Waals surface area contributed by atoms with Gasteiger partial charge in [0.2, 0.25) is 5.91 Å². The summed E-state index contributed by atoms with van der Waals surface area (Å²) < 4.78 is 11.2. The molecule has 1 amide bonds. The number of amides is 1. The zero-order valence-electron chi connectivity index (χ0n) is 12.3. The minimum atomic E-state index is -0.869. The minimum absolute atomic E-state index is 0.0286. The highest BCUT2D eigenvalue weighted by molar-refractivity contribution is 8.00. The van der Waals surface area contributed by atoms with Gasteiger partial charge >= 0.3 is 0 Å². The molecule has 5 heteroatoms. The van der Waals surface area contributed by atoms with Gasteiger partial charge in [-0.05, 0) is 36.8 Å². The van der Waals surface area contributed by atoms with Crippen molar-refractivity contribution in [3.63, 3.8) is 0 Å². The molecular formula is C15H23NO2S2. The van der Waals surface area contributed by atoms with E-state index in [1.807, 2.05) is 31.2 Å². The zero-order chi connectivity index (χ0) is 15.0. The van der Waals surface area contributed by atoms with Crippen LogP contribution in [0.25, 0.3) is 0 Å². The number of carbonyl (C=O) groups excluding carboxylic acids is 1. The van der Waals surface area contributed by atoms with Crippen molar-refractivity contribution in [3.05, 3.63) is 29.8 Å². The molecule has 1 aromatic rings. The van der Waals surface area contributed by atoms with Crippen LogP contribution in [0.5, 0.6) is 0 Å². The fourth-order valence-corrected chi connectivity index (χ4v) is 3.37. The van der Waals surface area contributed by atoms with Crippen molar-refractivity contribution in [3.8, 4) is 0 Å². The van der Waals surface area contributed by atoms with Crippen LogP contribution in [0.15, 0.2) is 24.3 Å². The van der Waals surface area contributed by atoms with Crippen LogP contribution in [0.3, 0.4) is 0 Å². The Hall–Kier alpha value is -0.810. The second kappa shape index (κ2) is 9.19. The Morgan fingerprint density at radius 2 is 2.20 bits per heavy atom. The van der Waals surface area contributed by atoms with Crippen LogP contribution in [-0.2, 0) is 21.3 Å². The number of nitrogens with one attached hydrogen (secondary N) is 1. The summed E-state index contributed by atoms with van der Waals surface area (Å²) >= 11 is 1.68. The molecule has 0 aromatic heterocycles. The number of rotatable bonds is 8. The molecule has 0 heterocycles. The lowest BCUT2D eigenvalue weighted by atomic mass is 10.2. The van der Waals surface area contributed by atoms with E-state index in [2.05, 4.69) is 12.2 Å². The van der Waals surface area contributed by atoms with E-state index in [1.54, 1.807) is 18.0 Å². The topological polar surface area (TPSA) is 46.2 Å².